The first kappa shape index (κ1) is 26.6. The fourth-order valence-corrected chi connectivity index (χ4v) is 6.79. The third-order valence-electron chi connectivity index (χ3n) is 8.44. The number of aryl methyl sites for hydroxylation is 2. The maximum Gasteiger partial charge on any atom is 0.322 e. The fraction of sp³-hybridized carbons (Fsp3) is 0.355. The second-order valence-electron chi connectivity index (χ2n) is 10.9. The Hall–Kier alpha value is -2.57. The molecule has 2 amide bonds. The molecule has 3 aromatic rings. The van der Waals surface area contributed by atoms with E-state index in [0.29, 0.717) is 21.7 Å². The zero-order valence-electron chi connectivity index (χ0n) is 21.7. The number of rotatable bonds is 5. The van der Waals surface area contributed by atoms with Gasteiger partial charge in [0.2, 0.25) is 0 Å². The standard InChI is InChI=1S/C31H31Cl3N4O/c32-26-7-6-21(15-27(26)33)3-2-12-37-13-9-31(10-14-37)20-38(28-18-24-5-1-4-23(24)17-25(28)31)30(39)36-19-22-8-11-35-29(34)16-22/h2-3,6-8,11,15-18H,1,4-5,9-10,12-14,19-20H2,(H,36,39)/b3-2+. The highest BCUT2D eigenvalue weighted by Crippen LogP contribution is 2.49. The van der Waals surface area contributed by atoms with Gasteiger partial charge in [0, 0.05) is 36.9 Å². The highest BCUT2D eigenvalue weighted by Gasteiger charge is 2.46. The summed E-state index contributed by atoms with van der Waals surface area (Å²) >= 11 is 18.2. The van der Waals surface area contributed by atoms with Gasteiger partial charge in [0.25, 0.3) is 0 Å². The molecular weight excluding hydrogens is 551 g/mol. The summed E-state index contributed by atoms with van der Waals surface area (Å²) in [5.74, 6) is 0. The number of benzene rings is 2. The number of urea groups is 1. The van der Waals surface area contributed by atoms with Gasteiger partial charge in [-0.2, -0.15) is 0 Å². The molecule has 3 aliphatic rings. The number of nitrogens with zero attached hydrogens (tertiary/aromatic N) is 3. The van der Waals surface area contributed by atoms with Gasteiger partial charge < -0.3 is 5.32 Å². The summed E-state index contributed by atoms with van der Waals surface area (Å²) in [5.41, 5.74) is 7.29. The first-order valence-electron chi connectivity index (χ1n) is 13.6. The van der Waals surface area contributed by atoms with Gasteiger partial charge in [-0.25, -0.2) is 9.78 Å². The molecule has 6 rings (SSSR count). The number of likely N-dealkylation sites (tertiary alicyclic amines) is 1. The van der Waals surface area contributed by atoms with Crippen LogP contribution >= 0.6 is 34.8 Å². The summed E-state index contributed by atoms with van der Waals surface area (Å²) in [4.78, 5) is 22.0. The maximum absolute atomic E-state index is 13.5. The lowest BCUT2D eigenvalue weighted by molar-refractivity contribution is 0.180. The molecule has 0 unspecified atom stereocenters. The average Bonchev–Trinajstić information content (AvgIpc) is 3.52. The Bertz CT molecular complexity index is 1430. The second kappa shape index (κ2) is 11.1. The maximum atomic E-state index is 13.5. The van der Waals surface area contributed by atoms with Gasteiger partial charge in [0.15, 0.2) is 0 Å². The van der Waals surface area contributed by atoms with Crippen LogP contribution in [0.4, 0.5) is 10.5 Å². The summed E-state index contributed by atoms with van der Waals surface area (Å²) < 4.78 is 0. The largest absolute Gasteiger partial charge is 0.334 e. The molecule has 8 heteroatoms. The van der Waals surface area contributed by atoms with Gasteiger partial charge >= 0.3 is 6.03 Å². The molecule has 3 heterocycles. The van der Waals surface area contributed by atoms with Crippen LogP contribution in [0.2, 0.25) is 15.2 Å². The van der Waals surface area contributed by atoms with Crippen molar-refractivity contribution in [2.24, 2.45) is 0 Å². The van der Waals surface area contributed by atoms with Gasteiger partial charge in [-0.05, 0) is 103 Å². The minimum atomic E-state index is -0.0500. The number of piperidine rings is 1. The smallest absolute Gasteiger partial charge is 0.322 e. The molecule has 1 spiro atoms. The number of fused-ring (bicyclic) bond motifs is 3. The molecule has 2 aromatic carbocycles. The number of hydrogen-bond acceptors (Lipinski definition) is 3. The van der Waals surface area contributed by atoms with Crippen molar-refractivity contribution in [1.29, 1.82) is 0 Å². The molecule has 0 atom stereocenters. The van der Waals surface area contributed by atoms with Crippen LogP contribution in [0.15, 0.2) is 54.7 Å². The molecule has 1 aromatic heterocycles. The van der Waals surface area contributed by atoms with Crippen LogP contribution in [0.5, 0.6) is 0 Å². The van der Waals surface area contributed by atoms with Crippen molar-refractivity contribution in [3.8, 4) is 0 Å². The van der Waals surface area contributed by atoms with E-state index in [9.17, 15) is 4.79 Å². The van der Waals surface area contributed by atoms with E-state index < -0.39 is 0 Å². The van der Waals surface area contributed by atoms with Gasteiger partial charge in [-0.3, -0.25) is 9.80 Å². The van der Waals surface area contributed by atoms with Crippen LogP contribution < -0.4 is 10.2 Å². The first-order valence-corrected chi connectivity index (χ1v) is 14.7. The summed E-state index contributed by atoms with van der Waals surface area (Å²) in [5, 5.41) is 4.70. The zero-order chi connectivity index (χ0) is 27.0. The number of aromatic nitrogens is 1. The Morgan fingerprint density at radius 2 is 1.79 bits per heavy atom. The summed E-state index contributed by atoms with van der Waals surface area (Å²) in [6.45, 7) is 4.01. The van der Waals surface area contributed by atoms with Crippen LogP contribution in [0.3, 0.4) is 0 Å². The monoisotopic (exact) mass is 580 g/mol. The summed E-state index contributed by atoms with van der Waals surface area (Å²) in [6.07, 6.45) is 11.5. The van der Waals surface area contributed by atoms with Crippen molar-refractivity contribution in [2.75, 3.05) is 31.1 Å². The number of carbonyl (C=O) groups excluding carboxylic acids is 1. The Kier molecular flexibility index (Phi) is 7.60. The summed E-state index contributed by atoms with van der Waals surface area (Å²) in [6, 6.07) is 14.0. The molecule has 202 valence electrons. The molecule has 1 saturated heterocycles. The van der Waals surface area contributed by atoms with Crippen LogP contribution in [0, 0.1) is 0 Å². The fourth-order valence-electron chi connectivity index (χ4n) is 6.28. The van der Waals surface area contributed by atoms with Gasteiger partial charge in [-0.1, -0.05) is 59.1 Å². The van der Waals surface area contributed by atoms with Gasteiger partial charge in [0.1, 0.15) is 5.15 Å². The molecule has 0 bridgehead atoms. The lowest BCUT2D eigenvalue weighted by Gasteiger charge is -2.39. The van der Waals surface area contributed by atoms with E-state index in [-0.39, 0.29) is 11.4 Å². The molecule has 5 nitrogen and oxygen atoms in total. The zero-order valence-corrected chi connectivity index (χ0v) is 24.0. The van der Waals surface area contributed by atoms with Crippen LogP contribution in [0.1, 0.15) is 47.1 Å². The van der Waals surface area contributed by atoms with Crippen molar-refractivity contribution in [2.45, 2.75) is 44.1 Å². The normalized spacial score (nSPS) is 18.1. The summed E-state index contributed by atoms with van der Waals surface area (Å²) in [7, 11) is 0. The average molecular weight is 582 g/mol. The molecule has 1 aliphatic carbocycles. The Labute approximate surface area is 244 Å². The molecular formula is C31H31Cl3N4O. The van der Waals surface area contributed by atoms with Crippen molar-refractivity contribution in [3.63, 3.8) is 0 Å². The van der Waals surface area contributed by atoms with E-state index in [1.807, 2.05) is 29.2 Å². The minimum absolute atomic E-state index is 0.00577. The van der Waals surface area contributed by atoms with Crippen molar-refractivity contribution in [3.05, 3.63) is 97.8 Å². The highest BCUT2D eigenvalue weighted by molar-refractivity contribution is 6.42. The van der Waals surface area contributed by atoms with Crippen molar-refractivity contribution < 1.29 is 4.79 Å². The first-order chi connectivity index (χ1) is 18.9. The molecule has 1 N–H and O–H groups in total. The Morgan fingerprint density at radius 3 is 2.56 bits per heavy atom. The Morgan fingerprint density at radius 1 is 1.00 bits per heavy atom. The van der Waals surface area contributed by atoms with Gasteiger partial charge in [0.05, 0.1) is 10.0 Å². The topological polar surface area (TPSA) is 48.5 Å². The predicted molar refractivity (Wildman–Crippen MR) is 160 cm³/mol. The van der Waals surface area contributed by atoms with E-state index in [4.69, 9.17) is 34.8 Å². The number of pyridine rings is 1. The number of hydrogen-bond donors (Lipinski definition) is 1. The quantitative estimate of drug-likeness (QED) is 0.322. The molecule has 39 heavy (non-hydrogen) atoms. The van der Waals surface area contributed by atoms with E-state index in [1.54, 1.807) is 12.3 Å². The lowest BCUT2D eigenvalue weighted by atomic mass is 9.73. The molecule has 2 aliphatic heterocycles. The molecule has 0 radical (unpaired) electrons. The van der Waals surface area contributed by atoms with E-state index in [1.165, 1.54) is 23.1 Å². The number of amides is 2. The number of halogens is 3. The van der Waals surface area contributed by atoms with Gasteiger partial charge in [-0.15, -0.1) is 0 Å². The van der Waals surface area contributed by atoms with E-state index >= 15 is 0 Å². The highest BCUT2D eigenvalue weighted by atomic mass is 35.5. The third kappa shape index (κ3) is 5.55. The number of nitrogens with one attached hydrogen (secondary N) is 1. The van der Waals surface area contributed by atoms with Crippen molar-refractivity contribution >= 4 is 52.6 Å². The van der Waals surface area contributed by atoms with Crippen LogP contribution in [-0.2, 0) is 24.8 Å². The van der Waals surface area contributed by atoms with E-state index in [2.05, 4.69) is 39.5 Å². The van der Waals surface area contributed by atoms with E-state index in [0.717, 1.165) is 68.7 Å². The number of anilines is 1. The van der Waals surface area contributed by atoms with Crippen LogP contribution in [-0.4, -0.2) is 42.1 Å². The predicted octanol–water partition coefficient (Wildman–Crippen LogP) is 7.31. The minimum Gasteiger partial charge on any atom is -0.334 e. The second-order valence-corrected chi connectivity index (χ2v) is 12.1. The lowest BCUT2D eigenvalue weighted by Crippen LogP contribution is -2.47. The SMILES string of the molecule is O=C(NCc1ccnc(Cl)c1)N1CC2(CCN(C/C=C/c3ccc(Cl)c(Cl)c3)CC2)c2cc3c(cc21)CCC3. The number of carbonyl (C=O) groups is 1. The van der Waals surface area contributed by atoms with Crippen LogP contribution in [0.25, 0.3) is 6.08 Å². The third-order valence-corrected chi connectivity index (χ3v) is 9.39. The molecule has 0 saturated carbocycles. The molecule has 1 fully saturated rings. The van der Waals surface area contributed by atoms with Crippen molar-refractivity contribution in [1.82, 2.24) is 15.2 Å². The Balaban J connectivity index is 1.16.